The second-order valence-corrected chi connectivity index (χ2v) is 3.25. The minimum absolute atomic E-state index is 0. The first-order valence-electron chi connectivity index (χ1n) is 2.84. The first-order valence-corrected chi connectivity index (χ1v) is 3.65. The molecule has 0 N–H and O–H groups in total. The first-order chi connectivity index (χ1) is 4.29. The van der Waals surface area contributed by atoms with E-state index in [0.29, 0.717) is 10.1 Å². The molecule has 0 atom stereocenters. The molecular formula is C7H7NaS2. The Balaban J connectivity index is 0.000000810. The van der Waals surface area contributed by atoms with Gasteiger partial charge >= 0.3 is 29.6 Å². The monoisotopic (exact) mass is 178 g/mol. The van der Waals surface area contributed by atoms with Gasteiger partial charge in [-0.25, -0.2) is 0 Å². The van der Waals surface area contributed by atoms with Gasteiger partial charge in [0.1, 0.15) is 0 Å². The molecule has 0 heterocycles. The number of thiocarbonyl (C=S) groups is 1. The van der Waals surface area contributed by atoms with Crippen molar-refractivity contribution < 1.29 is 29.6 Å². The maximum atomic E-state index is 4.78. The van der Waals surface area contributed by atoms with Gasteiger partial charge in [0, 0.05) is 0 Å². The summed E-state index contributed by atoms with van der Waals surface area (Å²) in [5, 5.41) is 0. The summed E-state index contributed by atoms with van der Waals surface area (Å²) in [4.78, 5) is 0. The SMILES string of the molecule is S=C([S-])CC1C=CC=C1.[Na+]. The fourth-order valence-electron chi connectivity index (χ4n) is 0.806. The van der Waals surface area contributed by atoms with E-state index in [2.05, 4.69) is 12.2 Å². The van der Waals surface area contributed by atoms with Crippen LogP contribution in [0.15, 0.2) is 24.3 Å². The van der Waals surface area contributed by atoms with Crippen molar-refractivity contribution in [1.82, 2.24) is 0 Å². The van der Waals surface area contributed by atoms with Gasteiger partial charge in [0.15, 0.2) is 0 Å². The van der Waals surface area contributed by atoms with Crippen molar-refractivity contribution in [2.75, 3.05) is 0 Å². The molecule has 10 heavy (non-hydrogen) atoms. The Morgan fingerprint density at radius 3 is 2.30 bits per heavy atom. The number of hydrogen-bond donors (Lipinski definition) is 0. The fraction of sp³-hybridized carbons (Fsp3) is 0.286. The molecule has 0 radical (unpaired) electrons. The van der Waals surface area contributed by atoms with Crippen molar-refractivity contribution in [3.8, 4) is 0 Å². The first kappa shape index (κ1) is 10.8. The molecule has 1 rings (SSSR count). The van der Waals surface area contributed by atoms with Crippen LogP contribution in [0, 0.1) is 5.92 Å². The number of allylic oxidation sites excluding steroid dienone is 4. The smallest absolute Gasteiger partial charge is 0.433 e. The molecule has 1 aliphatic rings. The van der Waals surface area contributed by atoms with Crippen LogP contribution in [0.25, 0.3) is 0 Å². The fourth-order valence-corrected chi connectivity index (χ4v) is 1.19. The molecule has 0 aromatic carbocycles. The predicted octanol–water partition coefficient (Wildman–Crippen LogP) is -1.00. The Labute approximate surface area is 94.5 Å². The average molecular weight is 178 g/mol. The maximum Gasteiger partial charge on any atom is 1.00 e. The summed E-state index contributed by atoms with van der Waals surface area (Å²) in [5.41, 5.74) is 0. The van der Waals surface area contributed by atoms with E-state index in [0.717, 1.165) is 6.42 Å². The van der Waals surface area contributed by atoms with Crippen LogP contribution in [0.3, 0.4) is 0 Å². The molecule has 0 nitrogen and oxygen atoms in total. The van der Waals surface area contributed by atoms with Gasteiger partial charge in [-0.15, -0.1) is 0 Å². The third-order valence-electron chi connectivity index (χ3n) is 1.23. The second kappa shape index (κ2) is 5.44. The van der Waals surface area contributed by atoms with E-state index < -0.39 is 0 Å². The molecule has 0 spiro atoms. The van der Waals surface area contributed by atoms with Gasteiger partial charge in [-0.05, 0) is 12.3 Å². The molecular weight excluding hydrogens is 171 g/mol. The Bertz CT molecular complexity index is 160. The normalized spacial score (nSPS) is 15.2. The third kappa shape index (κ3) is 3.84. The minimum Gasteiger partial charge on any atom is -0.433 e. The molecule has 1 aliphatic carbocycles. The van der Waals surface area contributed by atoms with Crippen molar-refractivity contribution in [3.63, 3.8) is 0 Å². The third-order valence-corrected chi connectivity index (χ3v) is 1.56. The number of hydrogen-bond acceptors (Lipinski definition) is 2. The van der Waals surface area contributed by atoms with E-state index in [-0.39, 0.29) is 29.6 Å². The van der Waals surface area contributed by atoms with Gasteiger partial charge in [0.25, 0.3) is 0 Å². The van der Waals surface area contributed by atoms with Gasteiger partial charge in [0.05, 0.1) is 0 Å². The van der Waals surface area contributed by atoms with E-state index in [1.54, 1.807) is 0 Å². The molecule has 0 saturated heterocycles. The Morgan fingerprint density at radius 2 is 1.90 bits per heavy atom. The molecule has 0 unspecified atom stereocenters. The predicted molar refractivity (Wildman–Crippen MR) is 46.4 cm³/mol. The molecule has 0 aliphatic heterocycles. The van der Waals surface area contributed by atoms with Crippen LogP contribution in [0.2, 0.25) is 0 Å². The van der Waals surface area contributed by atoms with Gasteiger partial charge in [0.2, 0.25) is 0 Å². The summed E-state index contributed by atoms with van der Waals surface area (Å²) in [5.74, 6) is 0.481. The molecule has 0 aromatic rings. The molecule has 0 saturated carbocycles. The Morgan fingerprint density at radius 1 is 1.40 bits per heavy atom. The van der Waals surface area contributed by atoms with Gasteiger partial charge in [-0.2, -0.15) is 4.20 Å². The topological polar surface area (TPSA) is 0 Å². The van der Waals surface area contributed by atoms with E-state index in [1.807, 2.05) is 12.2 Å². The van der Waals surface area contributed by atoms with E-state index >= 15 is 0 Å². The summed E-state index contributed by atoms with van der Waals surface area (Å²) < 4.78 is 0.677. The van der Waals surface area contributed by atoms with Crippen LogP contribution in [-0.4, -0.2) is 4.20 Å². The van der Waals surface area contributed by atoms with Crippen LogP contribution in [0.4, 0.5) is 0 Å². The van der Waals surface area contributed by atoms with Crippen LogP contribution >= 0.6 is 12.2 Å². The average Bonchev–Trinajstić information content (AvgIpc) is 2.15. The summed E-state index contributed by atoms with van der Waals surface area (Å²) in [6.45, 7) is 0. The van der Waals surface area contributed by atoms with E-state index in [1.165, 1.54) is 0 Å². The van der Waals surface area contributed by atoms with E-state index in [4.69, 9.17) is 24.8 Å². The zero-order chi connectivity index (χ0) is 6.69. The van der Waals surface area contributed by atoms with Gasteiger partial charge < -0.3 is 24.8 Å². The van der Waals surface area contributed by atoms with Gasteiger partial charge in [-0.3, -0.25) is 0 Å². The maximum absolute atomic E-state index is 4.78. The summed E-state index contributed by atoms with van der Waals surface area (Å²) in [6.07, 6.45) is 9.12. The summed E-state index contributed by atoms with van der Waals surface area (Å²) in [6, 6.07) is 0. The van der Waals surface area contributed by atoms with Crippen molar-refractivity contribution in [3.05, 3.63) is 24.3 Å². The van der Waals surface area contributed by atoms with Crippen LogP contribution in [0.1, 0.15) is 6.42 Å². The standard InChI is InChI=1S/C7H8S2.Na/c8-7(9)5-6-3-1-2-4-6;/h1-4,6H,5H2,(H,8,9);/q;+1/p-1. The quantitative estimate of drug-likeness (QED) is 0.302. The van der Waals surface area contributed by atoms with Crippen molar-refractivity contribution >= 4 is 29.0 Å². The zero-order valence-electron chi connectivity index (χ0n) is 5.91. The van der Waals surface area contributed by atoms with Crippen LogP contribution in [-0.2, 0) is 12.6 Å². The summed E-state index contributed by atoms with van der Waals surface area (Å²) >= 11 is 9.56. The van der Waals surface area contributed by atoms with Crippen molar-refractivity contribution in [2.24, 2.45) is 5.92 Å². The molecule has 0 bridgehead atoms. The molecule has 3 heteroatoms. The van der Waals surface area contributed by atoms with E-state index in [9.17, 15) is 0 Å². The van der Waals surface area contributed by atoms with Gasteiger partial charge in [-0.1, -0.05) is 24.3 Å². The van der Waals surface area contributed by atoms with Crippen molar-refractivity contribution in [2.45, 2.75) is 6.42 Å². The van der Waals surface area contributed by atoms with Crippen molar-refractivity contribution in [1.29, 1.82) is 0 Å². The molecule has 48 valence electrons. The molecule has 0 fully saturated rings. The second-order valence-electron chi connectivity index (χ2n) is 2.01. The Hall–Kier alpha value is 0.790. The number of rotatable bonds is 2. The summed E-state index contributed by atoms with van der Waals surface area (Å²) in [7, 11) is 0. The largest absolute Gasteiger partial charge is 1.00 e. The molecule has 0 aromatic heterocycles. The van der Waals surface area contributed by atoms with Crippen LogP contribution < -0.4 is 29.6 Å². The Kier molecular flexibility index (Phi) is 5.87. The zero-order valence-corrected chi connectivity index (χ0v) is 9.54. The van der Waals surface area contributed by atoms with Crippen LogP contribution in [0.5, 0.6) is 0 Å². The molecule has 0 amide bonds. The minimum atomic E-state index is 0.